The fraction of sp³-hybridized carbons (Fsp3) is 0.857. The first-order valence-corrected chi connectivity index (χ1v) is 9.26. The van der Waals surface area contributed by atoms with Crippen molar-refractivity contribution in [3.63, 3.8) is 0 Å². The fourth-order valence-corrected chi connectivity index (χ4v) is 3.00. The molecule has 21 heteroatoms. The summed E-state index contributed by atoms with van der Waals surface area (Å²) in [6, 6.07) is 0. The average molecular weight is 572 g/mol. The van der Waals surface area contributed by atoms with E-state index in [0.29, 0.717) is 0 Å². The van der Waals surface area contributed by atoms with Gasteiger partial charge in [0.05, 0.1) is 12.0 Å². The third-order valence-electron chi connectivity index (χ3n) is 4.53. The number of Topliss-reactive ketones (excluding diaryl/α,β-unsaturated/α-hetero) is 1. The van der Waals surface area contributed by atoms with Gasteiger partial charge in [0.2, 0.25) is 0 Å². The van der Waals surface area contributed by atoms with Crippen LogP contribution in [0.1, 0.15) is 25.7 Å². The first kappa shape index (κ1) is 31.4. The molecule has 35 heavy (non-hydrogen) atoms. The molecule has 206 valence electrons. The van der Waals surface area contributed by atoms with Gasteiger partial charge in [0.25, 0.3) is 0 Å². The number of rotatable bonds is 10. The van der Waals surface area contributed by atoms with E-state index in [0.717, 1.165) is 0 Å². The van der Waals surface area contributed by atoms with Crippen molar-refractivity contribution in [2.24, 2.45) is 0 Å². The predicted octanol–water partition coefficient (Wildman–Crippen LogP) is 5.52. The minimum absolute atomic E-state index is 0.0181. The molecule has 0 aromatic heterocycles. The van der Waals surface area contributed by atoms with Gasteiger partial charge in [-0.2, -0.15) is 57.1 Å². The van der Waals surface area contributed by atoms with E-state index in [1.165, 1.54) is 0 Å². The van der Waals surface area contributed by atoms with Crippen molar-refractivity contribution in [1.82, 2.24) is 0 Å². The Balaban J connectivity index is 3.60. The van der Waals surface area contributed by atoms with Crippen molar-refractivity contribution in [2.45, 2.75) is 72.6 Å². The molecule has 1 aliphatic rings. The zero-order chi connectivity index (χ0) is 27.9. The number of carbonyl (C=O) groups is 2. The van der Waals surface area contributed by atoms with Gasteiger partial charge in [0.1, 0.15) is 0 Å². The standard InChI is InChI=1S/C14H10F14O6S/c15-8(35-34-33-31,7(30)32-6-4-2-1-3-5(6)29)9(16,17)10(18,19)11(20,21)12(22,23)13(24,25)14(26,27)28/h6,31H,1-4H2. The van der Waals surface area contributed by atoms with E-state index in [4.69, 9.17) is 5.26 Å². The fourth-order valence-electron chi connectivity index (χ4n) is 2.53. The third kappa shape index (κ3) is 4.87. The van der Waals surface area contributed by atoms with Crippen LogP contribution < -0.4 is 0 Å². The van der Waals surface area contributed by atoms with Crippen molar-refractivity contribution in [2.75, 3.05) is 0 Å². The van der Waals surface area contributed by atoms with Crippen molar-refractivity contribution < 1.29 is 90.4 Å². The maximum atomic E-state index is 14.8. The summed E-state index contributed by atoms with van der Waals surface area (Å²) in [5.74, 6) is -45.4. The van der Waals surface area contributed by atoms with Crippen LogP contribution in [-0.4, -0.2) is 63.9 Å². The van der Waals surface area contributed by atoms with Crippen LogP contribution in [0.3, 0.4) is 0 Å². The monoisotopic (exact) mass is 572 g/mol. The molecule has 1 N–H and O–H groups in total. The zero-order valence-electron chi connectivity index (χ0n) is 16.1. The first-order chi connectivity index (χ1) is 15.5. The summed E-state index contributed by atoms with van der Waals surface area (Å²) in [7, 11) is 0. The number of esters is 1. The average Bonchev–Trinajstić information content (AvgIpc) is 2.71. The van der Waals surface area contributed by atoms with E-state index in [1.807, 2.05) is 0 Å². The van der Waals surface area contributed by atoms with Crippen molar-refractivity contribution >= 4 is 23.8 Å². The molecule has 2 atom stereocenters. The molecule has 0 heterocycles. The maximum Gasteiger partial charge on any atom is 0.460 e. The molecule has 0 saturated heterocycles. The van der Waals surface area contributed by atoms with E-state index in [2.05, 4.69) is 14.1 Å². The molecule has 0 aromatic rings. The number of ether oxygens (including phenoxy) is 1. The highest BCUT2D eigenvalue weighted by Crippen LogP contribution is 2.63. The summed E-state index contributed by atoms with van der Waals surface area (Å²) < 4.78 is 194. The van der Waals surface area contributed by atoms with Crippen LogP contribution in [-0.2, 0) is 23.7 Å². The summed E-state index contributed by atoms with van der Waals surface area (Å²) in [6.45, 7) is 0. The smallest absolute Gasteiger partial charge is 0.451 e. The van der Waals surface area contributed by atoms with E-state index in [-0.39, 0.29) is 12.8 Å². The van der Waals surface area contributed by atoms with Gasteiger partial charge in [-0.15, -0.1) is 4.33 Å². The Hall–Kier alpha value is -1.61. The van der Waals surface area contributed by atoms with Gasteiger partial charge in [0.15, 0.2) is 11.9 Å². The summed E-state index contributed by atoms with van der Waals surface area (Å²) >= 11 is -2.15. The molecular formula is C14H10F14O6S. The molecule has 0 amide bonds. The molecule has 1 saturated carbocycles. The Labute approximate surface area is 187 Å². The van der Waals surface area contributed by atoms with Crippen molar-refractivity contribution in [3.05, 3.63) is 0 Å². The Bertz CT molecular complexity index is 803. The van der Waals surface area contributed by atoms with Crippen molar-refractivity contribution in [1.29, 1.82) is 0 Å². The number of carbonyl (C=O) groups excluding carboxylic acids is 2. The summed E-state index contributed by atoms with van der Waals surface area (Å²) in [5, 5.41) is 4.19. The molecule has 1 rings (SSSR count). The Morgan fingerprint density at radius 2 is 1.23 bits per heavy atom. The molecular weight excluding hydrogens is 562 g/mol. The maximum absolute atomic E-state index is 14.8. The van der Waals surface area contributed by atoms with E-state index in [9.17, 15) is 71.1 Å². The molecule has 0 radical (unpaired) electrons. The van der Waals surface area contributed by atoms with Gasteiger partial charge in [0, 0.05) is 6.42 Å². The van der Waals surface area contributed by atoms with Crippen LogP contribution in [0.2, 0.25) is 0 Å². The van der Waals surface area contributed by atoms with Gasteiger partial charge < -0.3 is 4.74 Å². The highest BCUT2D eigenvalue weighted by atomic mass is 32.2. The van der Waals surface area contributed by atoms with Crippen LogP contribution >= 0.6 is 12.0 Å². The number of hydrogen-bond donors (Lipinski definition) is 1. The Morgan fingerprint density at radius 3 is 1.66 bits per heavy atom. The molecule has 0 spiro atoms. The Morgan fingerprint density at radius 1 is 0.771 bits per heavy atom. The number of alkyl halides is 14. The second-order valence-corrected chi connectivity index (χ2v) is 7.66. The Kier molecular flexibility index (Phi) is 8.70. The topological polar surface area (TPSA) is 82.1 Å². The third-order valence-corrected chi connectivity index (χ3v) is 5.31. The van der Waals surface area contributed by atoms with Crippen LogP contribution in [0.25, 0.3) is 0 Å². The van der Waals surface area contributed by atoms with Gasteiger partial charge in [-0.05, 0) is 19.3 Å². The lowest BCUT2D eigenvalue weighted by molar-refractivity contribution is -0.446. The number of halogens is 14. The normalized spacial score (nSPS) is 21.0. The van der Waals surface area contributed by atoms with Gasteiger partial charge in [-0.25, -0.2) is 14.4 Å². The summed E-state index contributed by atoms with van der Waals surface area (Å²) in [5.41, 5.74) is 0. The minimum atomic E-state index is -8.43. The second kappa shape index (κ2) is 9.69. The molecule has 6 nitrogen and oxygen atoms in total. The highest BCUT2D eigenvalue weighted by Gasteiger charge is 2.94. The molecule has 0 bridgehead atoms. The van der Waals surface area contributed by atoms with Crippen LogP contribution in [0.15, 0.2) is 0 Å². The quantitative estimate of drug-likeness (QED) is 0.122. The summed E-state index contributed by atoms with van der Waals surface area (Å²) in [6.07, 6.45) is -10.8. The van der Waals surface area contributed by atoms with Crippen molar-refractivity contribution in [3.8, 4) is 0 Å². The van der Waals surface area contributed by atoms with Crippen LogP contribution in [0, 0.1) is 0 Å². The number of hydrogen-bond acceptors (Lipinski definition) is 7. The second-order valence-electron chi connectivity index (χ2n) is 6.80. The SMILES string of the molecule is O=C1CCCCC1OC(=O)C(F)(SOOO)C(F)(F)C(F)(F)C(F)(F)C(F)(F)C(F)(F)C(F)(F)F. The molecule has 0 aromatic carbocycles. The number of ketones is 1. The van der Waals surface area contributed by atoms with E-state index >= 15 is 0 Å². The minimum Gasteiger partial charge on any atom is -0.451 e. The predicted molar refractivity (Wildman–Crippen MR) is 80.4 cm³/mol. The summed E-state index contributed by atoms with van der Waals surface area (Å²) in [4.78, 5) is 23.4. The molecule has 2 unspecified atom stereocenters. The molecule has 1 aliphatic carbocycles. The van der Waals surface area contributed by atoms with Crippen LogP contribution in [0.5, 0.6) is 0 Å². The molecule has 1 fully saturated rings. The lowest BCUT2D eigenvalue weighted by atomic mass is 9.91. The van der Waals surface area contributed by atoms with Gasteiger partial charge in [-0.1, -0.05) is 5.04 Å². The van der Waals surface area contributed by atoms with Gasteiger partial charge >= 0.3 is 46.8 Å². The lowest BCUT2D eigenvalue weighted by Crippen LogP contribution is -2.73. The van der Waals surface area contributed by atoms with E-state index < -0.39 is 83.5 Å². The zero-order valence-corrected chi connectivity index (χ0v) is 16.9. The van der Waals surface area contributed by atoms with Gasteiger partial charge in [-0.3, -0.25) is 4.79 Å². The lowest BCUT2D eigenvalue weighted by Gasteiger charge is -2.42. The first-order valence-electron chi connectivity index (χ1n) is 8.51. The van der Waals surface area contributed by atoms with Crippen LogP contribution in [0.4, 0.5) is 61.5 Å². The molecule has 0 aliphatic heterocycles. The van der Waals surface area contributed by atoms with E-state index in [1.54, 1.807) is 0 Å². The highest BCUT2D eigenvalue weighted by molar-refractivity contribution is 7.96. The largest absolute Gasteiger partial charge is 0.460 e.